The van der Waals surface area contributed by atoms with Gasteiger partial charge in [-0.15, -0.1) is 23.3 Å². The molecule has 0 spiro atoms. The fourth-order valence-corrected chi connectivity index (χ4v) is 5.65. The van der Waals surface area contributed by atoms with Crippen molar-refractivity contribution < 1.29 is 25.8 Å². The molecule has 8 aromatic rings. The van der Waals surface area contributed by atoms with Crippen molar-refractivity contribution in [3.8, 4) is 22.8 Å². The van der Waals surface area contributed by atoms with Crippen LogP contribution < -0.4 is 4.74 Å². The van der Waals surface area contributed by atoms with E-state index < -0.39 is 0 Å². The number of imidazole rings is 1. The summed E-state index contributed by atoms with van der Waals surface area (Å²) in [5, 5.41) is 5.20. The van der Waals surface area contributed by atoms with E-state index in [0.717, 1.165) is 66.1 Å². The van der Waals surface area contributed by atoms with Gasteiger partial charge >= 0.3 is 21.1 Å². The van der Waals surface area contributed by atoms with Crippen molar-refractivity contribution in [3.63, 3.8) is 0 Å². The van der Waals surface area contributed by atoms with Gasteiger partial charge in [0.05, 0.1) is 16.7 Å². The molecule has 6 heteroatoms. The van der Waals surface area contributed by atoms with Gasteiger partial charge in [0.1, 0.15) is 5.65 Å². The zero-order valence-corrected chi connectivity index (χ0v) is 26.1. The smallest absolute Gasteiger partial charge is 0.497 e. The number of hydrogen-bond donors (Lipinski definition) is 0. The molecule has 0 saturated carbocycles. The monoisotopic (exact) mass is 737 g/mol. The molecule has 0 radical (unpaired) electrons. The maximum atomic E-state index is 6.52. The number of nitrogens with zero attached hydrogens (tertiary/aromatic N) is 4. The van der Waals surface area contributed by atoms with Crippen LogP contribution >= 0.6 is 0 Å². The summed E-state index contributed by atoms with van der Waals surface area (Å²) in [5.74, 6) is 1.22. The normalized spacial score (nSPS) is 11.9. The third-order valence-corrected chi connectivity index (χ3v) is 7.83. The fourth-order valence-electron chi connectivity index (χ4n) is 5.65. The summed E-state index contributed by atoms with van der Waals surface area (Å²) >= 11 is 0. The van der Waals surface area contributed by atoms with Crippen LogP contribution in [0, 0.1) is 12.1 Å². The van der Waals surface area contributed by atoms with E-state index in [1.165, 1.54) is 0 Å². The van der Waals surface area contributed by atoms with E-state index in [0.29, 0.717) is 11.5 Å². The molecule has 0 amide bonds. The number of hydrogen-bond acceptors (Lipinski definition) is 4. The van der Waals surface area contributed by atoms with E-state index in [1.807, 2.05) is 54.9 Å². The predicted octanol–water partition coefficient (Wildman–Crippen LogP) is 9.09. The molecule has 210 valence electrons. The third kappa shape index (κ3) is 4.65. The van der Waals surface area contributed by atoms with Crippen molar-refractivity contribution in [2.24, 2.45) is 0 Å². The number of rotatable bonds is 3. The topological polar surface area (TPSA) is 52.3 Å². The summed E-state index contributed by atoms with van der Waals surface area (Å²) in [4.78, 5) is 14.5. The van der Waals surface area contributed by atoms with Gasteiger partial charge in [-0.2, -0.15) is 0 Å². The Balaban J connectivity index is 0.00000300. The van der Waals surface area contributed by atoms with Crippen LogP contribution in [0.3, 0.4) is 0 Å². The van der Waals surface area contributed by atoms with Crippen molar-refractivity contribution in [1.82, 2.24) is 19.4 Å². The van der Waals surface area contributed by atoms with Crippen LogP contribution in [-0.4, -0.2) is 19.4 Å². The van der Waals surface area contributed by atoms with Crippen LogP contribution in [0.15, 0.2) is 103 Å². The maximum absolute atomic E-state index is 6.52. The van der Waals surface area contributed by atoms with Crippen LogP contribution in [-0.2, 0) is 26.5 Å². The molecular formula is C37H26N4OPt. The first-order valence-electron chi connectivity index (χ1n) is 14.0. The zero-order valence-electron chi connectivity index (χ0n) is 23.8. The molecule has 0 fully saturated rings. The van der Waals surface area contributed by atoms with Crippen molar-refractivity contribution in [1.29, 1.82) is 0 Å². The quantitative estimate of drug-likeness (QED) is 0.134. The van der Waals surface area contributed by atoms with Gasteiger partial charge in [-0.3, -0.25) is 4.98 Å². The van der Waals surface area contributed by atoms with Crippen LogP contribution in [0.1, 0.15) is 26.3 Å². The van der Waals surface area contributed by atoms with Crippen molar-refractivity contribution in [2.75, 3.05) is 0 Å². The number of pyridine rings is 3. The van der Waals surface area contributed by atoms with E-state index >= 15 is 0 Å². The molecule has 0 N–H and O–H groups in total. The third-order valence-electron chi connectivity index (χ3n) is 7.83. The zero-order chi connectivity index (χ0) is 28.4. The number of fused-ring (bicyclic) bond motifs is 9. The second-order valence-electron chi connectivity index (χ2n) is 11.7. The molecule has 4 aromatic carbocycles. The summed E-state index contributed by atoms with van der Waals surface area (Å²) in [7, 11) is 0. The molecule has 0 aliphatic rings. The molecule has 43 heavy (non-hydrogen) atoms. The fraction of sp³-hybridized carbons (Fsp3) is 0.108. The summed E-state index contributed by atoms with van der Waals surface area (Å²) in [6.07, 6.45) is 3.74. The van der Waals surface area contributed by atoms with Gasteiger partial charge in [0.2, 0.25) is 0 Å². The molecular weight excluding hydrogens is 712 g/mol. The van der Waals surface area contributed by atoms with Crippen molar-refractivity contribution in [3.05, 3.63) is 121 Å². The minimum Gasteiger partial charge on any atom is -0.497 e. The first-order valence-corrected chi connectivity index (χ1v) is 14.0. The Hall–Kier alpha value is -4.60. The average molecular weight is 738 g/mol. The Morgan fingerprint density at radius 3 is 2.40 bits per heavy atom. The van der Waals surface area contributed by atoms with Gasteiger partial charge in [-0.05, 0) is 45.5 Å². The van der Waals surface area contributed by atoms with Gasteiger partial charge in [-0.1, -0.05) is 104 Å². The van der Waals surface area contributed by atoms with Crippen LogP contribution in [0.25, 0.3) is 60.5 Å². The molecule has 8 rings (SSSR count). The van der Waals surface area contributed by atoms with E-state index in [4.69, 9.17) is 19.7 Å². The summed E-state index contributed by atoms with van der Waals surface area (Å²) in [5.41, 5.74) is 6.39. The van der Waals surface area contributed by atoms with Crippen LogP contribution in [0.2, 0.25) is 0 Å². The minimum atomic E-state index is -0.0973. The maximum Gasteiger partial charge on any atom is 2.00 e. The summed E-state index contributed by atoms with van der Waals surface area (Å²) < 4.78 is 8.63. The van der Waals surface area contributed by atoms with E-state index in [2.05, 4.69) is 85.8 Å². The molecule has 0 aliphatic heterocycles. The van der Waals surface area contributed by atoms with Gasteiger partial charge in [-0.25, -0.2) is 4.98 Å². The molecule has 0 unspecified atom stereocenters. The molecule has 4 heterocycles. The molecule has 4 aromatic heterocycles. The predicted molar refractivity (Wildman–Crippen MR) is 169 cm³/mol. The Morgan fingerprint density at radius 1 is 0.721 bits per heavy atom. The summed E-state index contributed by atoms with van der Waals surface area (Å²) in [6, 6.07) is 37.8. The number of para-hydroxylation sites is 2. The van der Waals surface area contributed by atoms with Crippen LogP contribution in [0.5, 0.6) is 11.5 Å². The van der Waals surface area contributed by atoms with Crippen LogP contribution in [0.4, 0.5) is 0 Å². The van der Waals surface area contributed by atoms with Crippen molar-refractivity contribution in [2.45, 2.75) is 26.2 Å². The molecule has 0 aliphatic carbocycles. The standard InChI is InChI=1S/C37H26N4O.Pt/c1-37(2,3)26-17-25(33-19-23-9-4-5-10-24(23)22-39-33)18-28(20-26)42-27-14-15-29-30-11-8-16-38-35(30)41-34-13-7-6-12-32(34)40-36(41)31(29)21-27;/h4-17,19-20,22H,1-3H3;/q-2;+2. The largest absolute Gasteiger partial charge is 2.00 e. The van der Waals surface area contributed by atoms with E-state index in [-0.39, 0.29) is 26.5 Å². The second-order valence-corrected chi connectivity index (χ2v) is 11.7. The number of benzene rings is 4. The molecule has 0 bridgehead atoms. The van der Waals surface area contributed by atoms with Gasteiger partial charge in [0, 0.05) is 23.9 Å². The van der Waals surface area contributed by atoms with Gasteiger partial charge in [0.15, 0.2) is 0 Å². The molecule has 0 atom stereocenters. The van der Waals surface area contributed by atoms with Gasteiger partial charge in [0.25, 0.3) is 0 Å². The van der Waals surface area contributed by atoms with Crippen molar-refractivity contribution >= 4 is 49.3 Å². The molecule has 0 saturated heterocycles. The van der Waals surface area contributed by atoms with E-state index in [1.54, 1.807) is 0 Å². The Bertz CT molecular complexity index is 2340. The van der Waals surface area contributed by atoms with E-state index in [9.17, 15) is 0 Å². The Kier molecular flexibility index (Phi) is 6.52. The first kappa shape index (κ1) is 27.2. The average Bonchev–Trinajstić information content (AvgIpc) is 3.41. The SMILES string of the molecule is CC(C)(C)c1cc(Oc2[c-]c3c(cc2)c2cccnc2n2c4ccccc4nc32)[c-]c(-c2cc3ccccc3cn2)c1.[Pt+2]. The first-order chi connectivity index (χ1) is 20.4. The van der Waals surface area contributed by atoms with Gasteiger partial charge < -0.3 is 14.1 Å². The molecule has 5 nitrogen and oxygen atoms in total. The second kappa shape index (κ2) is 10.3. The number of ether oxygens (including phenoxy) is 1. The number of aromatic nitrogens is 4. The summed E-state index contributed by atoms with van der Waals surface area (Å²) in [6.45, 7) is 6.60. The Labute approximate surface area is 263 Å². The Morgan fingerprint density at radius 2 is 1.53 bits per heavy atom. The minimum absolute atomic E-state index is 0.